The highest BCUT2D eigenvalue weighted by atomic mass is 16.5. The van der Waals surface area contributed by atoms with Crippen LogP contribution >= 0.6 is 0 Å². The second-order valence-corrected chi connectivity index (χ2v) is 3.77. The molecule has 6 nitrogen and oxygen atoms in total. The predicted octanol–water partition coefficient (Wildman–Crippen LogP) is 1.18. The van der Waals surface area contributed by atoms with Gasteiger partial charge in [0.1, 0.15) is 6.04 Å². The first-order chi connectivity index (χ1) is 8.54. The number of rotatable bonds is 6. The molecule has 1 aromatic heterocycles. The van der Waals surface area contributed by atoms with Gasteiger partial charge >= 0.3 is 5.97 Å². The van der Waals surface area contributed by atoms with Crippen molar-refractivity contribution in [3.8, 4) is 11.8 Å². The van der Waals surface area contributed by atoms with E-state index in [0.717, 1.165) is 0 Å². The summed E-state index contributed by atoms with van der Waals surface area (Å²) < 4.78 is 10.1. The zero-order valence-electron chi connectivity index (χ0n) is 11.0. The number of hydrogen-bond donors (Lipinski definition) is 1. The second kappa shape index (κ2) is 6.20. The molecule has 18 heavy (non-hydrogen) atoms. The zero-order valence-corrected chi connectivity index (χ0v) is 11.0. The number of carbonyl (C=O) groups is 1. The molecule has 0 amide bonds. The third-order valence-corrected chi connectivity index (χ3v) is 2.73. The van der Waals surface area contributed by atoms with Crippen molar-refractivity contribution in [2.45, 2.75) is 13.0 Å². The van der Waals surface area contributed by atoms with Crippen molar-refractivity contribution in [1.29, 1.82) is 0 Å². The Morgan fingerprint density at radius 3 is 2.56 bits per heavy atom. The minimum Gasteiger partial charge on any atom is -0.481 e. The van der Waals surface area contributed by atoms with Crippen LogP contribution in [0.4, 0.5) is 0 Å². The molecule has 0 aliphatic carbocycles. The molecule has 1 aromatic rings. The summed E-state index contributed by atoms with van der Waals surface area (Å²) in [7, 11) is 4.69. The van der Waals surface area contributed by atoms with Gasteiger partial charge in [0.25, 0.3) is 0 Å². The fraction of sp³-hybridized carbons (Fsp3) is 0.500. The first-order valence-corrected chi connectivity index (χ1v) is 5.57. The standard InChI is InChI=1S/C12H18N2O4/c1-5-14(2)10(12(15)16)8-6-7-9(17-3)13-11(8)18-4/h6-7,10H,5H2,1-4H3,(H,15,16)/t10-/m0/s1. The molecule has 0 spiro atoms. The van der Waals surface area contributed by atoms with E-state index in [1.807, 2.05) is 6.92 Å². The highest BCUT2D eigenvalue weighted by Gasteiger charge is 2.27. The van der Waals surface area contributed by atoms with E-state index in [1.165, 1.54) is 14.2 Å². The normalized spacial score (nSPS) is 12.3. The van der Waals surface area contributed by atoms with E-state index in [9.17, 15) is 9.90 Å². The lowest BCUT2D eigenvalue weighted by atomic mass is 10.1. The number of aromatic nitrogens is 1. The molecule has 1 atom stereocenters. The lowest BCUT2D eigenvalue weighted by Crippen LogP contribution is -2.31. The highest BCUT2D eigenvalue weighted by Crippen LogP contribution is 2.29. The Morgan fingerprint density at radius 1 is 1.44 bits per heavy atom. The van der Waals surface area contributed by atoms with Gasteiger partial charge < -0.3 is 14.6 Å². The maximum absolute atomic E-state index is 11.4. The molecule has 0 aromatic carbocycles. The van der Waals surface area contributed by atoms with Crippen LogP contribution in [-0.4, -0.2) is 48.8 Å². The fourth-order valence-corrected chi connectivity index (χ4v) is 1.66. The van der Waals surface area contributed by atoms with Gasteiger partial charge in [-0.3, -0.25) is 9.69 Å². The molecule has 0 saturated heterocycles. The smallest absolute Gasteiger partial charge is 0.325 e. The lowest BCUT2D eigenvalue weighted by molar-refractivity contribution is -0.143. The summed E-state index contributed by atoms with van der Waals surface area (Å²) in [5, 5.41) is 9.32. The van der Waals surface area contributed by atoms with Gasteiger partial charge in [0, 0.05) is 11.6 Å². The summed E-state index contributed by atoms with van der Waals surface area (Å²) in [5.41, 5.74) is 0.509. The summed E-state index contributed by atoms with van der Waals surface area (Å²) in [5.74, 6) is -0.287. The van der Waals surface area contributed by atoms with Gasteiger partial charge in [0.2, 0.25) is 11.8 Å². The van der Waals surface area contributed by atoms with Crippen LogP contribution in [0.3, 0.4) is 0 Å². The van der Waals surface area contributed by atoms with E-state index >= 15 is 0 Å². The van der Waals surface area contributed by atoms with Crippen LogP contribution in [0.5, 0.6) is 11.8 Å². The Kier molecular flexibility index (Phi) is 4.91. The minimum absolute atomic E-state index is 0.266. The van der Waals surface area contributed by atoms with E-state index in [4.69, 9.17) is 9.47 Å². The van der Waals surface area contributed by atoms with Gasteiger partial charge in [-0.1, -0.05) is 6.92 Å². The van der Waals surface area contributed by atoms with Gasteiger partial charge in [-0.15, -0.1) is 0 Å². The number of likely N-dealkylation sites (N-methyl/N-ethyl adjacent to an activating group) is 1. The average Bonchev–Trinajstić information content (AvgIpc) is 2.38. The summed E-state index contributed by atoms with van der Waals surface area (Å²) >= 11 is 0. The maximum atomic E-state index is 11.4. The number of ether oxygens (including phenoxy) is 2. The van der Waals surface area contributed by atoms with E-state index in [-0.39, 0.29) is 5.88 Å². The van der Waals surface area contributed by atoms with Crippen molar-refractivity contribution in [3.63, 3.8) is 0 Å². The molecular formula is C12H18N2O4. The van der Waals surface area contributed by atoms with Crippen molar-refractivity contribution in [3.05, 3.63) is 17.7 Å². The van der Waals surface area contributed by atoms with Crippen molar-refractivity contribution >= 4 is 5.97 Å². The minimum atomic E-state index is -0.940. The summed E-state index contributed by atoms with van der Waals surface area (Å²) in [6.45, 7) is 2.49. The third kappa shape index (κ3) is 2.89. The lowest BCUT2D eigenvalue weighted by Gasteiger charge is -2.24. The van der Waals surface area contributed by atoms with E-state index < -0.39 is 12.0 Å². The predicted molar refractivity (Wildman–Crippen MR) is 66.0 cm³/mol. The number of methoxy groups -OCH3 is 2. The zero-order chi connectivity index (χ0) is 13.7. The van der Waals surface area contributed by atoms with Gasteiger partial charge in [0.05, 0.1) is 14.2 Å². The Bertz CT molecular complexity index is 423. The van der Waals surface area contributed by atoms with E-state index in [2.05, 4.69) is 4.98 Å². The molecule has 1 rings (SSSR count). The Morgan fingerprint density at radius 2 is 2.11 bits per heavy atom. The van der Waals surface area contributed by atoms with Gasteiger partial charge in [-0.2, -0.15) is 4.98 Å². The van der Waals surface area contributed by atoms with Crippen LogP contribution in [0, 0.1) is 0 Å². The van der Waals surface area contributed by atoms with Gasteiger partial charge in [-0.25, -0.2) is 0 Å². The van der Waals surface area contributed by atoms with Crippen LogP contribution in [0.15, 0.2) is 12.1 Å². The van der Waals surface area contributed by atoms with Crippen molar-refractivity contribution in [2.24, 2.45) is 0 Å². The number of carboxylic acid groups (broad SMARTS) is 1. The van der Waals surface area contributed by atoms with Gasteiger partial charge in [0.15, 0.2) is 0 Å². The number of carboxylic acids is 1. The van der Waals surface area contributed by atoms with E-state index in [0.29, 0.717) is 18.0 Å². The number of aliphatic carboxylic acids is 1. The molecule has 0 fully saturated rings. The molecule has 0 aliphatic rings. The van der Waals surface area contributed by atoms with Crippen molar-refractivity contribution < 1.29 is 19.4 Å². The average molecular weight is 254 g/mol. The van der Waals surface area contributed by atoms with Crippen LogP contribution in [-0.2, 0) is 4.79 Å². The Balaban J connectivity index is 3.23. The number of nitrogens with zero attached hydrogens (tertiary/aromatic N) is 2. The Labute approximate surface area is 106 Å². The molecule has 0 unspecified atom stereocenters. The van der Waals surface area contributed by atoms with Crippen LogP contribution < -0.4 is 9.47 Å². The molecule has 0 bridgehead atoms. The number of hydrogen-bond acceptors (Lipinski definition) is 5. The molecule has 6 heteroatoms. The Hall–Kier alpha value is -1.82. The topological polar surface area (TPSA) is 71.9 Å². The molecule has 1 N–H and O–H groups in total. The van der Waals surface area contributed by atoms with Gasteiger partial charge in [-0.05, 0) is 19.7 Å². The fourth-order valence-electron chi connectivity index (χ4n) is 1.66. The molecule has 1 heterocycles. The summed E-state index contributed by atoms with van der Waals surface area (Å²) in [4.78, 5) is 17.2. The molecular weight excluding hydrogens is 236 g/mol. The van der Waals surface area contributed by atoms with Crippen LogP contribution in [0.25, 0.3) is 0 Å². The molecule has 100 valence electrons. The maximum Gasteiger partial charge on any atom is 0.325 e. The number of pyridine rings is 1. The third-order valence-electron chi connectivity index (χ3n) is 2.73. The summed E-state index contributed by atoms with van der Waals surface area (Å²) in [6.07, 6.45) is 0. The van der Waals surface area contributed by atoms with Crippen LogP contribution in [0.2, 0.25) is 0 Å². The summed E-state index contributed by atoms with van der Waals surface area (Å²) in [6, 6.07) is 2.50. The monoisotopic (exact) mass is 254 g/mol. The first-order valence-electron chi connectivity index (χ1n) is 5.57. The molecule has 0 aliphatic heterocycles. The molecule has 0 saturated carbocycles. The quantitative estimate of drug-likeness (QED) is 0.821. The van der Waals surface area contributed by atoms with Crippen molar-refractivity contribution in [2.75, 3.05) is 27.8 Å². The largest absolute Gasteiger partial charge is 0.481 e. The van der Waals surface area contributed by atoms with Crippen molar-refractivity contribution in [1.82, 2.24) is 9.88 Å². The first kappa shape index (κ1) is 14.2. The van der Waals surface area contributed by atoms with E-state index in [1.54, 1.807) is 24.1 Å². The molecule has 0 radical (unpaired) electrons. The van der Waals surface area contributed by atoms with Crippen LogP contribution in [0.1, 0.15) is 18.5 Å². The highest BCUT2D eigenvalue weighted by molar-refractivity contribution is 5.76. The second-order valence-electron chi connectivity index (χ2n) is 3.77. The SMILES string of the molecule is CCN(C)[C@H](C(=O)O)c1ccc(OC)nc1OC.